The number of aromatic hydroxyl groups is 1. The second-order valence-corrected chi connectivity index (χ2v) is 3.90. The molecule has 0 aliphatic carbocycles. The van der Waals surface area contributed by atoms with Crippen molar-refractivity contribution in [1.82, 2.24) is 0 Å². The lowest BCUT2D eigenvalue weighted by Crippen LogP contribution is -1.93. The van der Waals surface area contributed by atoms with Gasteiger partial charge in [0.15, 0.2) is 0 Å². The number of aromatic carboxylic acids is 1. The van der Waals surface area contributed by atoms with Gasteiger partial charge in [0.1, 0.15) is 5.75 Å². The van der Waals surface area contributed by atoms with Crippen molar-refractivity contribution in [2.75, 3.05) is 6.54 Å². The van der Waals surface area contributed by atoms with Gasteiger partial charge >= 0.3 is 5.97 Å². The van der Waals surface area contributed by atoms with Crippen molar-refractivity contribution < 1.29 is 15.0 Å². The van der Waals surface area contributed by atoms with E-state index in [0.29, 0.717) is 6.54 Å². The van der Waals surface area contributed by atoms with Gasteiger partial charge in [0.05, 0.1) is 5.56 Å². The van der Waals surface area contributed by atoms with E-state index < -0.39 is 5.97 Å². The molecule has 0 atom stereocenters. The number of benzene rings is 2. The van der Waals surface area contributed by atoms with E-state index in [9.17, 15) is 4.79 Å². The summed E-state index contributed by atoms with van der Waals surface area (Å²) in [4.78, 5) is 10.2. The molecule has 0 unspecified atom stereocenters. The summed E-state index contributed by atoms with van der Waals surface area (Å²) in [6.45, 7) is 0.606. The Morgan fingerprint density at radius 2 is 1.65 bits per heavy atom. The van der Waals surface area contributed by atoms with Gasteiger partial charge in [-0.25, -0.2) is 4.79 Å². The Morgan fingerprint density at radius 3 is 2.15 bits per heavy atom. The van der Waals surface area contributed by atoms with Gasteiger partial charge in [0.2, 0.25) is 0 Å². The van der Waals surface area contributed by atoms with E-state index in [0.717, 1.165) is 0 Å². The molecule has 4 N–H and O–H groups in total. The molecule has 2 aromatic rings. The van der Waals surface area contributed by atoms with Crippen molar-refractivity contribution in [3.8, 4) is 5.75 Å². The lowest BCUT2D eigenvalue weighted by atomic mass is 10.2. The van der Waals surface area contributed by atoms with E-state index >= 15 is 0 Å². The predicted octanol–water partition coefficient (Wildman–Crippen LogP) is 2.75. The molecule has 0 amide bonds. The molecule has 20 heavy (non-hydrogen) atoms. The molecule has 0 saturated carbocycles. The van der Waals surface area contributed by atoms with E-state index in [1.807, 2.05) is 42.5 Å². The number of rotatable bonds is 3. The summed E-state index contributed by atoms with van der Waals surface area (Å²) in [5, 5.41) is 17.1. The first-order valence-corrected chi connectivity index (χ1v) is 6.07. The van der Waals surface area contributed by atoms with Crippen LogP contribution in [0.1, 0.15) is 15.9 Å². The third-order valence-corrected chi connectivity index (χ3v) is 2.36. The molecule has 0 bridgehead atoms. The Morgan fingerprint density at radius 1 is 1.05 bits per heavy atom. The maximum atomic E-state index is 10.2. The molecule has 4 nitrogen and oxygen atoms in total. The second-order valence-electron chi connectivity index (χ2n) is 3.90. The molecule has 0 aliphatic rings. The fourth-order valence-corrected chi connectivity index (χ4v) is 1.37. The molecular weight excluding hydrogens is 254 g/mol. The summed E-state index contributed by atoms with van der Waals surface area (Å²) in [6.07, 6.45) is 3.95. The Balaban J connectivity index is 0.000000200. The fraction of sp³-hybridized carbons (Fsp3) is 0.0625. The van der Waals surface area contributed by atoms with Crippen LogP contribution < -0.4 is 5.73 Å². The minimum atomic E-state index is -0.986. The molecule has 0 spiro atoms. The largest absolute Gasteiger partial charge is 0.508 e. The zero-order valence-corrected chi connectivity index (χ0v) is 10.9. The van der Waals surface area contributed by atoms with Gasteiger partial charge in [-0.05, 0) is 29.8 Å². The normalized spacial score (nSPS) is 9.85. The maximum Gasteiger partial charge on any atom is 0.335 e. The highest BCUT2D eigenvalue weighted by Crippen LogP contribution is 2.08. The monoisotopic (exact) mass is 271 g/mol. The number of carboxylic acids is 1. The van der Waals surface area contributed by atoms with Crippen molar-refractivity contribution in [2.45, 2.75) is 0 Å². The van der Waals surface area contributed by atoms with Gasteiger partial charge < -0.3 is 15.9 Å². The number of hydrogen-bond acceptors (Lipinski definition) is 3. The number of phenolic OH excluding ortho intramolecular Hbond substituents is 1. The molecule has 0 fully saturated rings. The van der Waals surface area contributed by atoms with Crippen molar-refractivity contribution >= 4 is 12.0 Å². The topological polar surface area (TPSA) is 83.6 Å². The highest BCUT2D eigenvalue weighted by Gasteiger charge is 1.99. The summed E-state index contributed by atoms with van der Waals surface area (Å²) in [6, 6.07) is 15.5. The van der Waals surface area contributed by atoms with Crippen LogP contribution in [0.3, 0.4) is 0 Å². The summed E-state index contributed by atoms with van der Waals surface area (Å²) in [7, 11) is 0. The van der Waals surface area contributed by atoms with E-state index in [2.05, 4.69) is 0 Å². The van der Waals surface area contributed by atoms with E-state index in [4.69, 9.17) is 15.9 Å². The number of carbonyl (C=O) groups is 1. The fourth-order valence-electron chi connectivity index (χ4n) is 1.37. The first kappa shape index (κ1) is 15.5. The summed E-state index contributed by atoms with van der Waals surface area (Å²) < 4.78 is 0. The van der Waals surface area contributed by atoms with Crippen molar-refractivity contribution in [2.24, 2.45) is 5.73 Å². The molecule has 0 aromatic heterocycles. The van der Waals surface area contributed by atoms with Crippen LogP contribution in [0.15, 0.2) is 60.7 Å². The molecular formula is C16H17NO3. The number of carboxylic acid groups (broad SMARTS) is 1. The zero-order valence-electron chi connectivity index (χ0n) is 10.9. The van der Waals surface area contributed by atoms with Gasteiger partial charge in [0.25, 0.3) is 0 Å². The van der Waals surface area contributed by atoms with Gasteiger partial charge in [-0.15, -0.1) is 0 Å². The summed E-state index contributed by atoms with van der Waals surface area (Å²) in [5.41, 5.74) is 6.67. The van der Waals surface area contributed by atoms with Crippen LogP contribution in [-0.2, 0) is 0 Å². The maximum absolute atomic E-state index is 10.2. The lowest BCUT2D eigenvalue weighted by Gasteiger charge is -1.92. The molecule has 0 radical (unpaired) electrons. The summed E-state index contributed by atoms with van der Waals surface area (Å²) in [5.74, 6) is -0.912. The van der Waals surface area contributed by atoms with Gasteiger partial charge in [-0.3, -0.25) is 0 Å². The van der Waals surface area contributed by atoms with E-state index in [-0.39, 0.29) is 11.3 Å². The van der Waals surface area contributed by atoms with Crippen molar-refractivity contribution in [3.05, 3.63) is 71.8 Å². The molecule has 104 valence electrons. The molecule has 0 heterocycles. The van der Waals surface area contributed by atoms with Crippen LogP contribution in [0.5, 0.6) is 5.75 Å². The third-order valence-electron chi connectivity index (χ3n) is 2.36. The Kier molecular flexibility index (Phi) is 6.57. The third kappa shape index (κ3) is 5.84. The second kappa shape index (κ2) is 8.50. The van der Waals surface area contributed by atoms with Crippen LogP contribution in [0.4, 0.5) is 0 Å². The SMILES string of the molecule is NCC=Cc1ccccc1.O=C(O)c1ccc(O)cc1. The number of hydrogen-bond donors (Lipinski definition) is 3. The van der Waals surface area contributed by atoms with Crippen molar-refractivity contribution in [3.63, 3.8) is 0 Å². The van der Waals surface area contributed by atoms with Crippen LogP contribution in [0.2, 0.25) is 0 Å². The Labute approximate surface area is 117 Å². The summed E-state index contributed by atoms with van der Waals surface area (Å²) >= 11 is 0. The first-order chi connectivity index (χ1) is 9.63. The Bertz CT molecular complexity index is 548. The standard InChI is InChI=1S/C9H11N.C7H6O3/c10-8-4-7-9-5-2-1-3-6-9;8-6-3-1-5(2-4-6)7(9)10/h1-7H,8,10H2;1-4,8H,(H,9,10). The highest BCUT2D eigenvalue weighted by molar-refractivity contribution is 5.87. The smallest absolute Gasteiger partial charge is 0.335 e. The first-order valence-electron chi connectivity index (χ1n) is 6.07. The van der Waals surface area contributed by atoms with Crippen molar-refractivity contribution in [1.29, 1.82) is 0 Å². The number of phenols is 1. The minimum Gasteiger partial charge on any atom is -0.508 e. The van der Waals surface area contributed by atoms with Crippen LogP contribution >= 0.6 is 0 Å². The molecule has 2 aromatic carbocycles. The van der Waals surface area contributed by atoms with Crippen LogP contribution in [0, 0.1) is 0 Å². The molecule has 4 heteroatoms. The molecule has 0 aliphatic heterocycles. The zero-order chi connectivity index (χ0) is 14.8. The number of nitrogens with two attached hydrogens (primary N) is 1. The Hall–Kier alpha value is -2.59. The molecule has 2 rings (SSSR count). The average Bonchev–Trinajstić information content (AvgIpc) is 2.47. The van der Waals surface area contributed by atoms with E-state index in [1.165, 1.54) is 29.8 Å². The average molecular weight is 271 g/mol. The van der Waals surface area contributed by atoms with Crippen LogP contribution in [-0.4, -0.2) is 22.7 Å². The molecule has 0 saturated heterocycles. The van der Waals surface area contributed by atoms with Gasteiger partial charge in [0, 0.05) is 6.54 Å². The van der Waals surface area contributed by atoms with Gasteiger partial charge in [-0.2, -0.15) is 0 Å². The van der Waals surface area contributed by atoms with Gasteiger partial charge in [-0.1, -0.05) is 42.5 Å². The quantitative estimate of drug-likeness (QED) is 0.801. The lowest BCUT2D eigenvalue weighted by molar-refractivity contribution is 0.0697. The van der Waals surface area contributed by atoms with E-state index in [1.54, 1.807) is 0 Å². The highest BCUT2D eigenvalue weighted by atomic mass is 16.4. The minimum absolute atomic E-state index is 0.0741. The predicted molar refractivity (Wildman–Crippen MR) is 79.6 cm³/mol. The van der Waals surface area contributed by atoms with Crippen LogP contribution in [0.25, 0.3) is 6.08 Å².